The molecule has 0 amide bonds. The van der Waals surface area contributed by atoms with Crippen LogP contribution in [0.5, 0.6) is 0 Å². The Morgan fingerprint density at radius 3 is 2.60 bits per heavy atom. The van der Waals surface area contributed by atoms with Gasteiger partial charge in [0.25, 0.3) is 0 Å². The molecule has 3 nitrogen and oxygen atoms in total. The van der Waals surface area contributed by atoms with Gasteiger partial charge in [-0.05, 0) is 18.9 Å². The first kappa shape index (κ1) is 10.1. The van der Waals surface area contributed by atoms with Gasteiger partial charge in [0, 0.05) is 5.41 Å². The minimum atomic E-state index is 0.0667. The van der Waals surface area contributed by atoms with Crippen LogP contribution in [0.3, 0.4) is 0 Å². The fourth-order valence-electron chi connectivity index (χ4n) is 1.50. The summed E-state index contributed by atoms with van der Waals surface area (Å²) >= 11 is 0. The summed E-state index contributed by atoms with van der Waals surface area (Å²) in [5.74, 6) is 0. The molecule has 0 N–H and O–H groups in total. The third kappa shape index (κ3) is 2.17. The predicted molar refractivity (Wildman–Crippen MR) is 61.4 cm³/mol. The van der Waals surface area contributed by atoms with Gasteiger partial charge in [-0.3, -0.25) is 0 Å². The van der Waals surface area contributed by atoms with E-state index in [1.165, 1.54) is 0 Å². The average molecular weight is 203 g/mol. The lowest BCUT2D eigenvalue weighted by Crippen LogP contribution is -2.11. The molecule has 0 fully saturated rings. The van der Waals surface area contributed by atoms with Crippen LogP contribution in [0.25, 0.3) is 5.70 Å². The monoisotopic (exact) mass is 203 g/mol. The highest BCUT2D eigenvalue weighted by molar-refractivity contribution is 5.57. The zero-order valence-electron chi connectivity index (χ0n) is 9.57. The zero-order chi connectivity index (χ0) is 10.9. The van der Waals surface area contributed by atoms with Gasteiger partial charge in [0.15, 0.2) is 0 Å². The second kappa shape index (κ2) is 3.65. The minimum absolute atomic E-state index is 0.0667. The summed E-state index contributed by atoms with van der Waals surface area (Å²) in [5.41, 5.74) is 2.23. The third-order valence-corrected chi connectivity index (χ3v) is 2.50. The van der Waals surface area contributed by atoms with Gasteiger partial charge in [-0.1, -0.05) is 38.1 Å². The van der Waals surface area contributed by atoms with E-state index in [4.69, 9.17) is 0 Å². The largest absolute Gasteiger partial charge is 0.221 e. The Hall–Kier alpha value is -1.38. The molecule has 0 aliphatic heterocycles. The van der Waals surface area contributed by atoms with E-state index in [2.05, 4.69) is 49.3 Å². The van der Waals surface area contributed by atoms with Gasteiger partial charge in [-0.2, -0.15) is 0 Å². The van der Waals surface area contributed by atoms with Gasteiger partial charge in [-0.15, -0.1) is 5.10 Å². The van der Waals surface area contributed by atoms with E-state index in [1.54, 1.807) is 0 Å². The molecule has 80 valence electrons. The van der Waals surface area contributed by atoms with E-state index in [0.717, 1.165) is 24.2 Å². The number of aromatic nitrogens is 3. The Labute approximate surface area is 90.5 Å². The Morgan fingerprint density at radius 2 is 2.07 bits per heavy atom. The van der Waals surface area contributed by atoms with Gasteiger partial charge in [0.05, 0.1) is 17.6 Å². The molecule has 2 rings (SSSR count). The van der Waals surface area contributed by atoms with E-state index in [0.29, 0.717) is 0 Å². The summed E-state index contributed by atoms with van der Waals surface area (Å²) in [5, 5.41) is 8.35. The first-order valence-electron chi connectivity index (χ1n) is 5.37. The summed E-state index contributed by atoms with van der Waals surface area (Å²) in [7, 11) is 0. The number of hydrogen-bond donors (Lipinski definition) is 0. The zero-order valence-corrected chi connectivity index (χ0v) is 9.57. The van der Waals surface area contributed by atoms with Crippen LogP contribution >= 0.6 is 0 Å². The first-order chi connectivity index (χ1) is 7.07. The summed E-state index contributed by atoms with van der Waals surface area (Å²) in [6.45, 7) is 6.44. The number of rotatable bonds is 1. The molecule has 1 heterocycles. The average Bonchev–Trinajstić information content (AvgIpc) is 2.67. The van der Waals surface area contributed by atoms with E-state index in [1.807, 2.05) is 10.9 Å². The minimum Gasteiger partial charge on any atom is -0.221 e. The topological polar surface area (TPSA) is 30.7 Å². The van der Waals surface area contributed by atoms with Crippen molar-refractivity contribution in [1.82, 2.24) is 15.0 Å². The molecule has 1 aliphatic carbocycles. The molecule has 15 heavy (non-hydrogen) atoms. The van der Waals surface area contributed by atoms with Gasteiger partial charge in [0.1, 0.15) is 0 Å². The maximum Gasteiger partial charge on any atom is 0.0885 e. The van der Waals surface area contributed by atoms with Crippen molar-refractivity contribution in [3.63, 3.8) is 0 Å². The Balaban J connectivity index is 2.28. The molecule has 1 aliphatic rings. The van der Waals surface area contributed by atoms with Gasteiger partial charge >= 0.3 is 0 Å². The third-order valence-electron chi connectivity index (χ3n) is 2.50. The van der Waals surface area contributed by atoms with Crippen LogP contribution in [-0.2, 0) is 5.41 Å². The molecule has 1 aromatic heterocycles. The smallest absolute Gasteiger partial charge is 0.0885 e. The van der Waals surface area contributed by atoms with Crippen molar-refractivity contribution in [3.8, 4) is 0 Å². The molecule has 0 unspecified atom stereocenters. The molecule has 0 saturated carbocycles. The van der Waals surface area contributed by atoms with E-state index in [9.17, 15) is 0 Å². The second-order valence-electron chi connectivity index (χ2n) is 4.91. The molecule has 0 atom stereocenters. The lowest BCUT2D eigenvalue weighted by Gasteiger charge is -2.13. The van der Waals surface area contributed by atoms with Gasteiger partial charge < -0.3 is 0 Å². The normalized spacial score (nSPS) is 16.6. The molecule has 0 spiro atoms. The van der Waals surface area contributed by atoms with Crippen LogP contribution in [0.1, 0.15) is 39.3 Å². The Morgan fingerprint density at radius 1 is 1.27 bits per heavy atom. The van der Waals surface area contributed by atoms with Crippen molar-refractivity contribution in [3.05, 3.63) is 30.1 Å². The fourth-order valence-corrected chi connectivity index (χ4v) is 1.50. The lowest BCUT2D eigenvalue weighted by atomic mass is 9.93. The Kier molecular flexibility index (Phi) is 2.47. The van der Waals surface area contributed by atoms with E-state index >= 15 is 0 Å². The van der Waals surface area contributed by atoms with Crippen LogP contribution in [0.2, 0.25) is 0 Å². The van der Waals surface area contributed by atoms with Crippen LogP contribution in [0, 0.1) is 0 Å². The molecule has 3 heteroatoms. The number of allylic oxidation sites excluding steroid dienone is 4. The molecule has 0 bridgehead atoms. The SMILES string of the molecule is CC(C)(C)c1cn(C2=CCCC=C2)nn1. The molecule has 1 aromatic rings. The van der Waals surface area contributed by atoms with Crippen molar-refractivity contribution in [2.45, 2.75) is 39.0 Å². The maximum atomic E-state index is 4.20. The van der Waals surface area contributed by atoms with Crippen molar-refractivity contribution >= 4 is 5.70 Å². The highest BCUT2D eigenvalue weighted by atomic mass is 15.4. The second-order valence-corrected chi connectivity index (χ2v) is 4.91. The summed E-state index contributed by atoms with van der Waals surface area (Å²) < 4.78 is 1.86. The van der Waals surface area contributed by atoms with Crippen LogP contribution in [0.15, 0.2) is 24.4 Å². The van der Waals surface area contributed by atoms with Gasteiger partial charge in [-0.25, -0.2) is 4.68 Å². The van der Waals surface area contributed by atoms with Crippen molar-refractivity contribution in [2.24, 2.45) is 0 Å². The number of nitrogens with zero attached hydrogens (tertiary/aromatic N) is 3. The summed E-state index contributed by atoms with van der Waals surface area (Å²) in [6.07, 6.45) is 10.7. The maximum absolute atomic E-state index is 4.20. The Bertz CT molecular complexity index is 405. The highest BCUT2D eigenvalue weighted by Gasteiger charge is 2.18. The highest BCUT2D eigenvalue weighted by Crippen LogP contribution is 2.21. The van der Waals surface area contributed by atoms with Crippen LogP contribution in [-0.4, -0.2) is 15.0 Å². The summed E-state index contributed by atoms with van der Waals surface area (Å²) in [6, 6.07) is 0. The van der Waals surface area contributed by atoms with E-state index in [-0.39, 0.29) is 5.41 Å². The predicted octanol–water partition coefficient (Wildman–Crippen LogP) is 2.77. The quantitative estimate of drug-likeness (QED) is 0.702. The first-order valence-corrected chi connectivity index (χ1v) is 5.37. The van der Waals surface area contributed by atoms with Crippen LogP contribution < -0.4 is 0 Å². The van der Waals surface area contributed by atoms with Gasteiger partial charge in [0.2, 0.25) is 0 Å². The van der Waals surface area contributed by atoms with E-state index < -0.39 is 0 Å². The van der Waals surface area contributed by atoms with Crippen LogP contribution in [0.4, 0.5) is 0 Å². The summed E-state index contributed by atoms with van der Waals surface area (Å²) in [4.78, 5) is 0. The standard InChI is InChI=1S/C12H17N3/c1-12(2,3)11-9-15(14-13-11)10-7-5-4-6-8-10/h5,7-9H,4,6H2,1-3H3. The molecular formula is C12H17N3. The molecule has 0 saturated heterocycles. The van der Waals surface area contributed by atoms with Crippen molar-refractivity contribution < 1.29 is 0 Å². The fraction of sp³-hybridized carbons (Fsp3) is 0.500. The lowest BCUT2D eigenvalue weighted by molar-refractivity contribution is 0.566. The van der Waals surface area contributed by atoms with Crippen molar-refractivity contribution in [1.29, 1.82) is 0 Å². The molecular weight excluding hydrogens is 186 g/mol. The number of hydrogen-bond acceptors (Lipinski definition) is 2. The molecule has 0 radical (unpaired) electrons. The van der Waals surface area contributed by atoms with Crippen molar-refractivity contribution in [2.75, 3.05) is 0 Å². The molecule has 0 aromatic carbocycles.